The molecule has 3 aliphatic rings. The zero-order chi connectivity index (χ0) is 32.3. The highest BCUT2D eigenvalue weighted by atomic mass is 16.3. The molecule has 4 heterocycles. The standard InChI is InChI=1S/C44H31N3O2/c1-44-23-9-8-22-40(44)45-43-46(36-18-4-5-19-37(36)47(43)44)29-25-27(30-14-10-16-34-32-12-2-6-20-38(32)48-41(30)34)24-28(26-29)31-15-11-17-35-33-13-3-7-21-39(33)49-42(31)35/h2-26,40,43,45H,1H3. The van der Waals surface area contributed by atoms with Crippen LogP contribution in [0.1, 0.15) is 6.92 Å². The largest absolute Gasteiger partial charge is 0.455 e. The number of hydrogen-bond acceptors (Lipinski definition) is 5. The summed E-state index contributed by atoms with van der Waals surface area (Å²) in [5.41, 5.74) is 11.1. The summed E-state index contributed by atoms with van der Waals surface area (Å²) in [4.78, 5) is 5.00. The summed E-state index contributed by atoms with van der Waals surface area (Å²) in [5.74, 6) is 0. The van der Waals surface area contributed by atoms with Gasteiger partial charge in [-0.2, -0.15) is 0 Å². The van der Waals surface area contributed by atoms with Gasteiger partial charge in [0.15, 0.2) is 6.29 Å². The predicted octanol–water partition coefficient (Wildman–Crippen LogP) is 10.9. The molecule has 11 rings (SSSR count). The van der Waals surface area contributed by atoms with Crippen LogP contribution in [0.5, 0.6) is 0 Å². The molecule has 1 saturated heterocycles. The lowest BCUT2D eigenvalue weighted by atomic mass is 9.88. The van der Waals surface area contributed by atoms with Crippen molar-refractivity contribution in [2.24, 2.45) is 0 Å². The molecule has 2 aliphatic heterocycles. The van der Waals surface area contributed by atoms with Gasteiger partial charge in [0.25, 0.3) is 0 Å². The number of anilines is 3. The van der Waals surface area contributed by atoms with Crippen LogP contribution in [0.2, 0.25) is 0 Å². The van der Waals surface area contributed by atoms with Crippen LogP contribution >= 0.6 is 0 Å². The number of hydrogen-bond donors (Lipinski definition) is 1. The van der Waals surface area contributed by atoms with Gasteiger partial charge >= 0.3 is 0 Å². The molecule has 0 amide bonds. The minimum atomic E-state index is -0.204. The predicted molar refractivity (Wildman–Crippen MR) is 200 cm³/mol. The highest BCUT2D eigenvalue weighted by Crippen LogP contribution is 2.52. The van der Waals surface area contributed by atoms with Gasteiger partial charge in [-0.25, -0.2) is 0 Å². The van der Waals surface area contributed by atoms with E-state index in [9.17, 15) is 0 Å². The molecule has 49 heavy (non-hydrogen) atoms. The Morgan fingerprint density at radius 1 is 0.592 bits per heavy atom. The topological polar surface area (TPSA) is 44.8 Å². The fourth-order valence-electron chi connectivity index (χ4n) is 8.55. The van der Waals surface area contributed by atoms with Gasteiger partial charge in [0.05, 0.1) is 23.0 Å². The van der Waals surface area contributed by atoms with Gasteiger partial charge in [0.1, 0.15) is 22.3 Å². The Morgan fingerprint density at radius 3 is 1.82 bits per heavy atom. The fourth-order valence-corrected chi connectivity index (χ4v) is 8.55. The second-order valence-corrected chi connectivity index (χ2v) is 13.5. The fraction of sp³-hybridized carbons (Fsp3) is 0.0909. The molecule has 0 saturated carbocycles. The van der Waals surface area contributed by atoms with Crippen LogP contribution in [0.3, 0.4) is 0 Å². The molecule has 2 aromatic heterocycles. The Balaban J connectivity index is 1.18. The van der Waals surface area contributed by atoms with Crippen LogP contribution in [0, 0.1) is 0 Å². The monoisotopic (exact) mass is 633 g/mol. The Kier molecular flexibility index (Phi) is 5.37. The quantitative estimate of drug-likeness (QED) is 0.210. The van der Waals surface area contributed by atoms with E-state index in [1.165, 1.54) is 11.4 Å². The first-order chi connectivity index (χ1) is 24.2. The molecule has 234 valence electrons. The second-order valence-electron chi connectivity index (χ2n) is 13.5. The summed E-state index contributed by atoms with van der Waals surface area (Å²) in [6, 6.07) is 45.4. The van der Waals surface area contributed by atoms with Gasteiger partial charge in [-0.15, -0.1) is 0 Å². The summed E-state index contributed by atoms with van der Waals surface area (Å²) in [6.45, 7) is 2.33. The van der Waals surface area contributed by atoms with Crippen LogP contribution in [0.15, 0.2) is 161 Å². The highest BCUT2D eigenvalue weighted by Gasteiger charge is 2.54. The van der Waals surface area contributed by atoms with Crippen LogP contribution < -0.4 is 15.1 Å². The molecule has 6 aromatic carbocycles. The van der Waals surface area contributed by atoms with Crippen LogP contribution in [-0.4, -0.2) is 17.9 Å². The number of furan rings is 2. The average Bonchev–Trinajstić information content (AvgIpc) is 3.88. The first-order valence-electron chi connectivity index (χ1n) is 16.9. The van der Waals surface area contributed by atoms with Crippen molar-refractivity contribution in [3.63, 3.8) is 0 Å². The lowest BCUT2D eigenvalue weighted by Gasteiger charge is -2.37. The number of nitrogens with zero attached hydrogens (tertiary/aromatic N) is 2. The van der Waals surface area contributed by atoms with Crippen molar-refractivity contribution in [3.8, 4) is 22.3 Å². The summed E-state index contributed by atoms with van der Waals surface area (Å²) in [7, 11) is 0. The molecular weight excluding hydrogens is 603 g/mol. The summed E-state index contributed by atoms with van der Waals surface area (Å²) in [5, 5.41) is 8.46. The summed E-state index contributed by atoms with van der Waals surface area (Å²) >= 11 is 0. The molecule has 3 unspecified atom stereocenters. The van der Waals surface area contributed by atoms with E-state index in [2.05, 4.69) is 149 Å². The highest BCUT2D eigenvalue weighted by molar-refractivity contribution is 6.12. The van der Waals surface area contributed by atoms with E-state index in [0.717, 1.165) is 71.8 Å². The third kappa shape index (κ3) is 3.68. The number of nitrogens with one attached hydrogen (secondary N) is 1. The Hall–Kier alpha value is -6.04. The van der Waals surface area contributed by atoms with E-state index in [1.54, 1.807) is 0 Å². The van der Waals surface area contributed by atoms with Crippen LogP contribution in [0.25, 0.3) is 66.1 Å². The molecule has 0 bridgehead atoms. The van der Waals surface area contributed by atoms with E-state index in [0.29, 0.717) is 0 Å². The van der Waals surface area contributed by atoms with Crippen molar-refractivity contribution < 1.29 is 8.83 Å². The SMILES string of the molecule is CC12C=CC=CC1NC1N(c3cc(-c4cccc5c4oc4ccccc45)cc(-c4cccc5c4oc4ccccc45)c3)c3ccccc3N12. The van der Waals surface area contributed by atoms with Crippen molar-refractivity contribution in [1.29, 1.82) is 0 Å². The molecule has 0 radical (unpaired) electrons. The molecule has 5 nitrogen and oxygen atoms in total. The Labute approximate surface area is 283 Å². The van der Waals surface area contributed by atoms with Gasteiger partial charge in [-0.3, -0.25) is 5.32 Å². The maximum absolute atomic E-state index is 6.59. The smallest absolute Gasteiger partial charge is 0.163 e. The van der Waals surface area contributed by atoms with E-state index >= 15 is 0 Å². The number of benzene rings is 6. The van der Waals surface area contributed by atoms with Crippen molar-refractivity contribution in [3.05, 3.63) is 152 Å². The molecule has 1 aliphatic carbocycles. The van der Waals surface area contributed by atoms with Crippen molar-refractivity contribution >= 4 is 60.9 Å². The zero-order valence-corrected chi connectivity index (χ0v) is 26.8. The van der Waals surface area contributed by atoms with E-state index in [-0.39, 0.29) is 17.9 Å². The first kappa shape index (κ1) is 27.0. The van der Waals surface area contributed by atoms with Gasteiger partial charge in [-0.05, 0) is 60.5 Å². The lowest BCUT2D eigenvalue weighted by molar-refractivity contribution is 0.532. The molecule has 1 N–H and O–H groups in total. The van der Waals surface area contributed by atoms with Crippen LogP contribution in [0.4, 0.5) is 17.1 Å². The van der Waals surface area contributed by atoms with E-state index in [1.807, 2.05) is 24.3 Å². The van der Waals surface area contributed by atoms with Crippen molar-refractivity contribution in [1.82, 2.24) is 5.32 Å². The first-order valence-corrected chi connectivity index (χ1v) is 16.9. The van der Waals surface area contributed by atoms with E-state index < -0.39 is 0 Å². The molecular formula is C44H31N3O2. The van der Waals surface area contributed by atoms with Crippen molar-refractivity contribution in [2.45, 2.75) is 24.8 Å². The number of para-hydroxylation sites is 6. The molecule has 0 spiro atoms. The minimum Gasteiger partial charge on any atom is -0.455 e. The molecule has 5 heteroatoms. The van der Waals surface area contributed by atoms with E-state index in [4.69, 9.17) is 8.83 Å². The second kappa shape index (κ2) is 9.75. The summed E-state index contributed by atoms with van der Waals surface area (Å²) in [6.07, 6.45) is 8.86. The Morgan fingerprint density at radius 2 is 1.16 bits per heavy atom. The number of fused-ring (bicyclic) bond motifs is 11. The van der Waals surface area contributed by atoms with Crippen molar-refractivity contribution in [2.75, 3.05) is 9.80 Å². The molecule has 3 atom stereocenters. The number of rotatable bonds is 3. The minimum absolute atomic E-state index is 0.0770. The zero-order valence-electron chi connectivity index (χ0n) is 26.8. The van der Waals surface area contributed by atoms with Gasteiger partial charge in [0, 0.05) is 38.4 Å². The van der Waals surface area contributed by atoms with Gasteiger partial charge in [-0.1, -0.05) is 109 Å². The third-order valence-corrected chi connectivity index (χ3v) is 10.8. The van der Waals surface area contributed by atoms with Gasteiger partial charge < -0.3 is 18.6 Å². The molecule has 1 fully saturated rings. The third-order valence-electron chi connectivity index (χ3n) is 10.8. The van der Waals surface area contributed by atoms with Crippen LogP contribution in [-0.2, 0) is 0 Å². The number of allylic oxidation sites excluding steroid dienone is 2. The normalized spacial score (nSPS) is 20.9. The Bertz CT molecular complexity index is 2580. The summed E-state index contributed by atoms with van der Waals surface area (Å²) < 4.78 is 13.2. The van der Waals surface area contributed by atoms with Gasteiger partial charge in [0.2, 0.25) is 0 Å². The maximum Gasteiger partial charge on any atom is 0.163 e. The lowest BCUT2D eigenvalue weighted by Crippen LogP contribution is -2.49. The molecule has 8 aromatic rings. The maximum atomic E-state index is 6.59. The average molecular weight is 634 g/mol.